The van der Waals surface area contributed by atoms with E-state index >= 15 is 0 Å². The number of carbonyl (C=O) groups is 2. The van der Waals surface area contributed by atoms with E-state index in [1.54, 1.807) is 16.2 Å². The Morgan fingerprint density at radius 2 is 1.91 bits per heavy atom. The van der Waals surface area contributed by atoms with E-state index in [1.165, 1.54) is 0 Å². The maximum atomic E-state index is 13.8. The molecule has 1 N–H and O–H groups in total. The van der Waals surface area contributed by atoms with Gasteiger partial charge in [0.15, 0.2) is 0 Å². The number of carbonyl (C=O) groups excluding carboxylic acids is 2. The van der Waals surface area contributed by atoms with Crippen molar-refractivity contribution in [2.75, 3.05) is 11.5 Å². The van der Waals surface area contributed by atoms with Crippen LogP contribution in [0.4, 0.5) is 5.69 Å². The van der Waals surface area contributed by atoms with Gasteiger partial charge < -0.3 is 14.6 Å². The lowest BCUT2D eigenvalue weighted by atomic mass is 9.86. The lowest BCUT2D eigenvalue weighted by molar-refractivity contribution is -0.127. The number of hydrogen-bond donors (Lipinski definition) is 1. The number of nitrogens with one attached hydrogen (secondary N) is 1. The molecule has 1 atom stereocenters. The molecule has 2 aromatic heterocycles. The van der Waals surface area contributed by atoms with Gasteiger partial charge in [-0.2, -0.15) is 0 Å². The zero-order valence-electron chi connectivity index (χ0n) is 19.5. The third kappa shape index (κ3) is 3.82. The Hall–Kier alpha value is -2.80. The van der Waals surface area contributed by atoms with Gasteiger partial charge in [0.05, 0.1) is 23.4 Å². The van der Waals surface area contributed by atoms with E-state index in [0.717, 1.165) is 41.6 Å². The largest absolute Gasteiger partial charge is 0.494 e. The number of hydrogen-bond acceptors (Lipinski definition) is 4. The first kappa shape index (κ1) is 22.0. The van der Waals surface area contributed by atoms with Crippen LogP contribution in [0.2, 0.25) is 0 Å². The first-order chi connectivity index (χ1) is 15.9. The van der Waals surface area contributed by atoms with Crippen molar-refractivity contribution in [3.63, 3.8) is 0 Å². The topological polar surface area (TPSA) is 63.6 Å². The predicted molar refractivity (Wildman–Crippen MR) is 132 cm³/mol. The molecule has 1 saturated carbocycles. The molecule has 174 valence electrons. The second-order valence-electron chi connectivity index (χ2n) is 9.56. The molecule has 0 radical (unpaired) electrons. The summed E-state index contributed by atoms with van der Waals surface area (Å²) in [5, 5.41) is 5.33. The van der Waals surface area contributed by atoms with Crippen molar-refractivity contribution >= 4 is 39.1 Å². The molecule has 0 spiro atoms. The molecule has 2 amide bonds. The Morgan fingerprint density at radius 3 is 2.61 bits per heavy atom. The second-order valence-corrected chi connectivity index (χ2v) is 10.5. The van der Waals surface area contributed by atoms with Crippen molar-refractivity contribution in [3.8, 4) is 5.75 Å². The number of ether oxygens (including phenoxy) is 1. The van der Waals surface area contributed by atoms with Gasteiger partial charge in [0.25, 0.3) is 5.91 Å². The van der Waals surface area contributed by atoms with Crippen LogP contribution in [0.1, 0.15) is 56.9 Å². The van der Waals surface area contributed by atoms with Crippen molar-refractivity contribution in [2.45, 2.75) is 64.6 Å². The van der Waals surface area contributed by atoms with Crippen LogP contribution in [0.5, 0.6) is 5.75 Å². The molecule has 7 heteroatoms. The predicted octanol–water partition coefficient (Wildman–Crippen LogP) is 5.22. The first-order valence-electron chi connectivity index (χ1n) is 11.9. The zero-order valence-corrected chi connectivity index (χ0v) is 20.3. The molecule has 3 heterocycles. The molecule has 0 bridgehead atoms. The highest BCUT2D eigenvalue weighted by Gasteiger charge is 2.49. The lowest BCUT2D eigenvalue weighted by Gasteiger charge is -2.45. The summed E-state index contributed by atoms with van der Waals surface area (Å²) < 4.78 is 8.67. The van der Waals surface area contributed by atoms with Gasteiger partial charge in [-0.1, -0.05) is 6.92 Å². The van der Waals surface area contributed by atoms with Crippen LogP contribution in [0.25, 0.3) is 10.2 Å². The van der Waals surface area contributed by atoms with E-state index in [4.69, 9.17) is 4.74 Å². The monoisotopic (exact) mass is 465 g/mol. The van der Waals surface area contributed by atoms with Crippen LogP contribution in [-0.2, 0) is 11.3 Å². The Morgan fingerprint density at radius 1 is 1.18 bits per heavy atom. The summed E-state index contributed by atoms with van der Waals surface area (Å²) >= 11 is 1.62. The van der Waals surface area contributed by atoms with E-state index in [9.17, 15) is 9.59 Å². The number of amides is 2. The maximum Gasteiger partial charge on any atom is 0.275 e. The number of aromatic nitrogens is 1. The SMILES string of the molecule is CCOc1ccc(N2C(=O)c3cc4sccc4n3C[C@]2(C)C(=O)NC2CCC(C)CC2)cc1. The zero-order chi connectivity index (χ0) is 23.2. The van der Waals surface area contributed by atoms with E-state index < -0.39 is 5.54 Å². The fraction of sp³-hybridized carbons (Fsp3) is 0.462. The van der Waals surface area contributed by atoms with Crippen LogP contribution in [-0.4, -0.2) is 34.6 Å². The van der Waals surface area contributed by atoms with Crippen molar-refractivity contribution in [1.29, 1.82) is 0 Å². The fourth-order valence-corrected chi connectivity index (χ4v) is 6.04. The summed E-state index contributed by atoms with van der Waals surface area (Å²) in [5.41, 5.74) is 1.30. The highest BCUT2D eigenvalue weighted by molar-refractivity contribution is 7.17. The van der Waals surface area contributed by atoms with Crippen LogP contribution in [0.3, 0.4) is 0 Å². The number of anilines is 1. The summed E-state index contributed by atoms with van der Waals surface area (Å²) in [6, 6.07) is 11.6. The van der Waals surface area contributed by atoms with Gasteiger partial charge >= 0.3 is 0 Å². The Labute approximate surface area is 198 Å². The third-order valence-electron chi connectivity index (χ3n) is 7.15. The standard InChI is InChI=1S/C26H31N3O3S/c1-4-32-20-11-9-19(10-12-20)29-24(30)22-15-23-21(13-14-33-23)28(22)16-26(29,3)25(31)27-18-7-5-17(2)6-8-18/h9-15,17-18H,4-8,16H2,1-3H3,(H,27,31)/t17?,18?,26-/m1/s1. The summed E-state index contributed by atoms with van der Waals surface area (Å²) in [6.07, 6.45) is 4.23. The molecule has 1 aliphatic carbocycles. The molecule has 2 aliphatic rings. The Balaban J connectivity index is 1.53. The van der Waals surface area contributed by atoms with Crippen LogP contribution in [0.15, 0.2) is 41.8 Å². The van der Waals surface area contributed by atoms with E-state index in [2.05, 4.69) is 12.2 Å². The molecule has 0 saturated heterocycles. The van der Waals surface area contributed by atoms with Gasteiger partial charge in [0, 0.05) is 11.7 Å². The first-order valence-corrected chi connectivity index (χ1v) is 12.7. The highest BCUT2D eigenvalue weighted by atomic mass is 32.1. The molecule has 1 fully saturated rings. The number of rotatable bonds is 5. The van der Waals surface area contributed by atoms with Gasteiger partial charge in [-0.3, -0.25) is 14.5 Å². The Bertz CT molecular complexity index is 1170. The summed E-state index contributed by atoms with van der Waals surface area (Å²) in [5.74, 6) is 1.22. The van der Waals surface area contributed by atoms with Crippen molar-refractivity contribution in [3.05, 3.63) is 47.5 Å². The maximum absolute atomic E-state index is 13.8. The highest BCUT2D eigenvalue weighted by Crippen LogP contribution is 2.38. The lowest BCUT2D eigenvalue weighted by Crippen LogP contribution is -2.65. The molecule has 1 aromatic carbocycles. The van der Waals surface area contributed by atoms with Gasteiger partial charge in [0.2, 0.25) is 5.91 Å². The second kappa shape index (κ2) is 8.52. The molecule has 3 aromatic rings. The summed E-state index contributed by atoms with van der Waals surface area (Å²) in [4.78, 5) is 29.4. The quantitative estimate of drug-likeness (QED) is 0.562. The molecular weight excluding hydrogens is 434 g/mol. The molecule has 1 aliphatic heterocycles. The summed E-state index contributed by atoms with van der Waals surface area (Å²) in [6.45, 7) is 7.09. The molecule has 5 rings (SSSR count). The summed E-state index contributed by atoms with van der Waals surface area (Å²) in [7, 11) is 0. The van der Waals surface area contributed by atoms with Crippen LogP contribution in [0, 0.1) is 5.92 Å². The number of benzene rings is 1. The van der Waals surface area contributed by atoms with Gasteiger partial charge in [-0.05, 0) is 87.2 Å². The minimum absolute atomic E-state index is 0.0907. The molecule has 0 unspecified atom stereocenters. The van der Waals surface area contributed by atoms with E-state index in [1.807, 2.05) is 60.2 Å². The van der Waals surface area contributed by atoms with Crippen LogP contribution < -0.4 is 15.0 Å². The minimum atomic E-state index is -1.05. The smallest absolute Gasteiger partial charge is 0.275 e. The molecule has 6 nitrogen and oxygen atoms in total. The average Bonchev–Trinajstić information content (AvgIpc) is 3.39. The fourth-order valence-electron chi connectivity index (χ4n) is 5.22. The number of fused-ring (bicyclic) bond motifs is 3. The normalized spacial score (nSPS) is 25.2. The van der Waals surface area contributed by atoms with Crippen molar-refractivity contribution < 1.29 is 14.3 Å². The molecular formula is C26H31N3O3S. The number of nitrogens with zero attached hydrogens (tertiary/aromatic N) is 2. The molecule has 33 heavy (non-hydrogen) atoms. The van der Waals surface area contributed by atoms with Crippen molar-refractivity contribution in [2.24, 2.45) is 5.92 Å². The van der Waals surface area contributed by atoms with Gasteiger partial charge in [-0.15, -0.1) is 11.3 Å². The van der Waals surface area contributed by atoms with Gasteiger partial charge in [-0.25, -0.2) is 0 Å². The van der Waals surface area contributed by atoms with Crippen LogP contribution >= 0.6 is 11.3 Å². The minimum Gasteiger partial charge on any atom is -0.494 e. The average molecular weight is 466 g/mol. The van der Waals surface area contributed by atoms with Crippen molar-refractivity contribution in [1.82, 2.24) is 9.88 Å². The number of thiophene rings is 1. The van der Waals surface area contributed by atoms with E-state index in [0.29, 0.717) is 30.5 Å². The Kier molecular flexibility index (Phi) is 5.69. The third-order valence-corrected chi connectivity index (χ3v) is 8.00. The van der Waals surface area contributed by atoms with E-state index in [-0.39, 0.29) is 17.9 Å². The van der Waals surface area contributed by atoms with Gasteiger partial charge in [0.1, 0.15) is 17.0 Å².